The highest BCUT2D eigenvalue weighted by molar-refractivity contribution is 6.31. The van der Waals surface area contributed by atoms with Gasteiger partial charge in [-0.2, -0.15) is 0 Å². The maximum absolute atomic E-state index is 12.6. The van der Waals surface area contributed by atoms with Crippen LogP contribution in [0.25, 0.3) is 0 Å². The zero-order chi connectivity index (χ0) is 16.1. The van der Waals surface area contributed by atoms with Crippen molar-refractivity contribution >= 4 is 17.5 Å². The summed E-state index contributed by atoms with van der Waals surface area (Å²) in [6.45, 7) is 2.07. The lowest BCUT2D eigenvalue weighted by atomic mass is 10.0. The molecule has 5 nitrogen and oxygen atoms in total. The van der Waals surface area contributed by atoms with Gasteiger partial charge in [0.25, 0.3) is 5.91 Å². The molecule has 120 valence electrons. The first kappa shape index (κ1) is 15.8. The minimum Gasteiger partial charge on any atom is -0.482 e. The Labute approximate surface area is 140 Å². The highest BCUT2D eigenvalue weighted by Crippen LogP contribution is 2.28. The van der Waals surface area contributed by atoms with Crippen LogP contribution < -0.4 is 10.1 Å². The van der Waals surface area contributed by atoms with Crippen LogP contribution in [0.5, 0.6) is 5.75 Å². The summed E-state index contributed by atoms with van der Waals surface area (Å²) in [6, 6.07) is 11.1. The molecule has 1 aromatic carbocycles. The predicted molar refractivity (Wildman–Crippen MR) is 88.5 cm³/mol. The molecule has 0 bridgehead atoms. The minimum absolute atomic E-state index is 0.00730. The zero-order valence-corrected chi connectivity index (χ0v) is 13.4. The van der Waals surface area contributed by atoms with Crippen LogP contribution in [0.3, 0.4) is 0 Å². The Bertz CT molecular complexity index is 666. The summed E-state index contributed by atoms with van der Waals surface area (Å²) in [6.07, 6.45) is 3.26. The number of carbonyl (C=O) groups is 1. The number of hydrogen-bond acceptors (Lipinski definition) is 4. The number of nitrogens with zero attached hydrogens (tertiary/aromatic N) is 2. The third-order valence-electron chi connectivity index (χ3n) is 3.82. The molecule has 0 aliphatic carbocycles. The second-order valence-electron chi connectivity index (χ2n) is 5.31. The molecule has 1 aliphatic rings. The van der Waals surface area contributed by atoms with E-state index >= 15 is 0 Å². The number of benzene rings is 1. The molecule has 1 fully saturated rings. The fourth-order valence-electron chi connectivity index (χ4n) is 2.69. The van der Waals surface area contributed by atoms with Crippen LogP contribution in [0.4, 0.5) is 0 Å². The lowest BCUT2D eigenvalue weighted by molar-refractivity contribution is -0.136. The Morgan fingerprint density at radius 1 is 1.35 bits per heavy atom. The van der Waals surface area contributed by atoms with E-state index in [4.69, 9.17) is 16.3 Å². The molecule has 1 aromatic heterocycles. The van der Waals surface area contributed by atoms with Gasteiger partial charge in [-0.1, -0.05) is 29.8 Å². The predicted octanol–water partition coefficient (Wildman–Crippen LogP) is 2.29. The van der Waals surface area contributed by atoms with Crippen LogP contribution in [0.15, 0.2) is 48.8 Å². The topological polar surface area (TPSA) is 54.5 Å². The standard InChI is InChI=1S/C17H18ClN3O2/c18-15-6-2-1-5-14(15)16-11-20-8-9-21(16)17(22)12-23-13-4-3-7-19-10-13/h1-7,10,16,20H,8-9,11-12H2. The van der Waals surface area contributed by atoms with Crippen molar-refractivity contribution in [1.29, 1.82) is 0 Å². The number of amides is 1. The van der Waals surface area contributed by atoms with Crippen molar-refractivity contribution in [3.05, 3.63) is 59.4 Å². The van der Waals surface area contributed by atoms with Crippen molar-refractivity contribution < 1.29 is 9.53 Å². The SMILES string of the molecule is O=C(COc1cccnc1)N1CCNCC1c1ccccc1Cl. The maximum Gasteiger partial charge on any atom is 0.261 e. The van der Waals surface area contributed by atoms with Crippen LogP contribution in [0.2, 0.25) is 5.02 Å². The first-order valence-electron chi connectivity index (χ1n) is 7.53. The zero-order valence-electron chi connectivity index (χ0n) is 12.6. The van der Waals surface area contributed by atoms with Gasteiger partial charge < -0.3 is 15.0 Å². The molecule has 1 N–H and O–H groups in total. The molecule has 6 heteroatoms. The quantitative estimate of drug-likeness (QED) is 0.934. The number of hydrogen-bond donors (Lipinski definition) is 1. The van der Waals surface area contributed by atoms with E-state index in [1.165, 1.54) is 0 Å². The Morgan fingerprint density at radius 2 is 2.22 bits per heavy atom. The van der Waals surface area contributed by atoms with Gasteiger partial charge in [-0.05, 0) is 23.8 Å². The lowest BCUT2D eigenvalue weighted by Crippen LogP contribution is -2.50. The maximum atomic E-state index is 12.6. The molecule has 1 unspecified atom stereocenters. The Kier molecular flexibility index (Phi) is 5.10. The van der Waals surface area contributed by atoms with Crippen molar-refractivity contribution in [2.24, 2.45) is 0 Å². The third-order valence-corrected chi connectivity index (χ3v) is 4.17. The van der Waals surface area contributed by atoms with E-state index in [-0.39, 0.29) is 18.6 Å². The molecule has 2 heterocycles. The molecule has 3 rings (SSSR count). The van der Waals surface area contributed by atoms with E-state index in [9.17, 15) is 4.79 Å². The molecule has 1 saturated heterocycles. The van der Waals surface area contributed by atoms with Gasteiger partial charge in [-0.15, -0.1) is 0 Å². The largest absolute Gasteiger partial charge is 0.482 e. The summed E-state index contributed by atoms with van der Waals surface area (Å²) in [4.78, 5) is 18.4. The smallest absolute Gasteiger partial charge is 0.261 e. The van der Waals surface area contributed by atoms with E-state index in [0.29, 0.717) is 23.9 Å². The average molecular weight is 332 g/mol. The number of rotatable bonds is 4. The summed E-state index contributed by atoms with van der Waals surface area (Å²) >= 11 is 6.30. The van der Waals surface area contributed by atoms with Gasteiger partial charge in [0.2, 0.25) is 0 Å². The summed E-state index contributed by atoms with van der Waals surface area (Å²) in [7, 11) is 0. The molecule has 0 spiro atoms. The van der Waals surface area contributed by atoms with Gasteiger partial charge in [0.15, 0.2) is 6.61 Å². The molecule has 23 heavy (non-hydrogen) atoms. The number of ether oxygens (including phenoxy) is 1. The molecule has 2 aromatic rings. The summed E-state index contributed by atoms with van der Waals surface area (Å²) < 4.78 is 5.53. The number of pyridine rings is 1. The first-order valence-corrected chi connectivity index (χ1v) is 7.91. The minimum atomic E-state index is -0.0811. The highest BCUT2D eigenvalue weighted by atomic mass is 35.5. The Balaban J connectivity index is 1.71. The van der Waals surface area contributed by atoms with E-state index in [1.54, 1.807) is 24.5 Å². The number of nitrogens with one attached hydrogen (secondary N) is 1. The second-order valence-corrected chi connectivity index (χ2v) is 5.71. The molecular weight excluding hydrogens is 314 g/mol. The van der Waals surface area contributed by atoms with Crippen molar-refractivity contribution in [2.75, 3.05) is 26.2 Å². The molecule has 1 atom stereocenters. The lowest BCUT2D eigenvalue weighted by Gasteiger charge is -2.36. The van der Waals surface area contributed by atoms with E-state index in [0.717, 1.165) is 12.1 Å². The van der Waals surface area contributed by atoms with Gasteiger partial charge in [0, 0.05) is 30.9 Å². The van der Waals surface area contributed by atoms with Crippen molar-refractivity contribution in [3.8, 4) is 5.75 Å². The monoisotopic (exact) mass is 331 g/mol. The van der Waals surface area contributed by atoms with Gasteiger partial charge >= 0.3 is 0 Å². The molecule has 1 amide bonds. The molecule has 1 aliphatic heterocycles. The second kappa shape index (κ2) is 7.44. The number of carbonyl (C=O) groups excluding carboxylic acids is 1. The van der Waals surface area contributed by atoms with Gasteiger partial charge in [0.05, 0.1) is 12.2 Å². The number of piperazine rings is 1. The molecule has 0 saturated carbocycles. The van der Waals surface area contributed by atoms with E-state index < -0.39 is 0 Å². The normalized spacial score (nSPS) is 17.8. The summed E-state index contributed by atoms with van der Waals surface area (Å²) in [5, 5.41) is 3.99. The van der Waals surface area contributed by atoms with Crippen molar-refractivity contribution in [1.82, 2.24) is 15.2 Å². The van der Waals surface area contributed by atoms with Crippen LogP contribution in [0.1, 0.15) is 11.6 Å². The Hall–Kier alpha value is -2.11. The van der Waals surface area contributed by atoms with Gasteiger partial charge in [-0.25, -0.2) is 0 Å². The van der Waals surface area contributed by atoms with Crippen LogP contribution in [-0.4, -0.2) is 42.0 Å². The Morgan fingerprint density at radius 3 is 3.00 bits per heavy atom. The number of aromatic nitrogens is 1. The highest BCUT2D eigenvalue weighted by Gasteiger charge is 2.29. The van der Waals surface area contributed by atoms with Crippen molar-refractivity contribution in [2.45, 2.75) is 6.04 Å². The van der Waals surface area contributed by atoms with Crippen LogP contribution in [0, 0.1) is 0 Å². The fraction of sp³-hybridized carbons (Fsp3) is 0.294. The third kappa shape index (κ3) is 3.81. The fourth-order valence-corrected chi connectivity index (χ4v) is 2.95. The molecule has 0 radical (unpaired) electrons. The van der Waals surface area contributed by atoms with E-state index in [1.807, 2.05) is 29.2 Å². The van der Waals surface area contributed by atoms with Crippen LogP contribution >= 0.6 is 11.6 Å². The van der Waals surface area contributed by atoms with E-state index in [2.05, 4.69) is 10.3 Å². The van der Waals surface area contributed by atoms with Crippen molar-refractivity contribution in [3.63, 3.8) is 0 Å². The van der Waals surface area contributed by atoms with Gasteiger partial charge in [-0.3, -0.25) is 9.78 Å². The van der Waals surface area contributed by atoms with Gasteiger partial charge in [0.1, 0.15) is 5.75 Å². The first-order chi connectivity index (χ1) is 11.3. The summed E-state index contributed by atoms with van der Waals surface area (Å²) in [5.74, 6) is 0.533. The summed E-state index contributed by atoms with van der Waals surface area (Å²) in [5.41, 5.74) is 0.955. The average Bonchev–Trinajstić information content (AvgIpc) is 2.61. The number of halogens is 1. The van der Waals surface area contributed by atoms with Crippen LogP contribution in [-0.2, 0) is 4.79 Å². The molecular formula is C17H18ClN3O2.